The minimum absolute atomic E-state index is 0.00502. The lowest BCUT2D eigenvalue weighted by atomic mass is 10.2. The topological polar surface area (TPSA) is 87.5 Å². The molecule has 2 unspecified atom stereocenters. The third-order valence-electron chi connectivity index (χ3n) is 4.64. The van der Waals surface area contributed by atoms with Crippen LogP contribution in [0.15, 0.2) is 54.6 Å². The van der Waals surface area contributed by atoms with Crippen molar-refractivity contribution in [2.75, 3.05) is 23.7 Å². The van der Waals surface area contributed by atoms with E-state index in [-0.39, 0.29) is 17.6 Å². The van der Waals surface area contributed by atoms with E-state index in [0.29, 0.717) is 11.7 Å². The van der Waals surface area contributed by atoms with Gasteiger partial charge in [0.15, 0.2) is 0 Å². The zero-order valence-corrected chi connectivity index (χ0v) is 14.6. The zero-order chi connectivity index (χ0) is 18.5. The van der Waals surface area contributed by atoms with Crippen molar-refractivity contribution in [2.24, 2.45) is 0 Å². The molecule has 2 aromatic rings. The van der Waals surface area contributed by atoms with Crippen LogP contribution in [0, 0.1) is 10.1 Å². The first-order chi connectivity index (χ1) is 12.5. The number of likely N-dealkylation sites (tertiary alicyclic amines) is 1. The average Bonchev–Trinajstić information content (AvgIpc) is 3.10. The molecule has 1 aliphatic rings. The van der Waals surface area contributed by atoms with Crippen molar-refractivity contribution in [2.45, 2.75) is 25.4 Å². The highest BCUT2D eigenvalue weighted by Gasteiger charge is 2.29. The highest BCUT2D eigenvalue weighted by Crippen LogP contribution is 2.19. The fourth-order valence-corrected chi connectivity index (χ4v) is 3.11. The maximum Gasteiger partial charge on any atom is 0.269 e. The lowest BCUT2D eigenvalue weighted by Crippen LogP contribution is -2.41. The number of hydrogen-bond donors (Lipinski definition) is 2. The van der Waals surface area contributed by atoms with Crippen LogP contribution in [0.25, 0.3) is 0 Å². The highest BCUT2D eigenvalue weighted by molar-refractivity contribution is 5.94. The molecule has 2 N–H and O–H groups in total. The summed E-state index contributed by atoms with van der Waals surface area (Å²) in [7, 11) is 0. The molecule has 2 aromatic carbocycles. The smallest absolute Gasteiger partial charge is 0.269 e. The number of nitrogens with zero attached hydrogens (tertiary/aromatic N) is 2. The number of carbonyl (C=O) groups excluding carboxylic acids is 1. The van der Waals surface area contributed by atoms with Gasteiger partial charge < -0.3 is 10.6 Å². The zero-order valence-electron chi connectivity index (χ0n) is 14.6. The second kappa shape index (κ2) is 7.97. The van der Waals surface area contributed by atoms with E-state index in [2.05, 4.69) is 15.5 Å². The van der Waals surface area contributed by atoms with Crippen LogP contribution in [0.1, 0.15) is 13.3 Å². The van der Waals surface area contributed by atoms with Crippen molar-refractivity contribution in [3.05, 3.63) is 64.7 Å². The number of carbonyl (C=O) groups is 1. The molecule has 7 nitrogen and oxygen atoms in total. The summed E-state index contributed by atoms with van der Waals surface area (Å²) in [4.78, 5) is 24.8. The van der Waals surface area contributed by atoms with Gasteiger partial charge in [-0.3, -0.25) is 19.8 Å². The van der Waals surface area contributed by atoms with Gasteiger partial charge in [-0.05, 0) is 37.6 Å². The van der Waals surface area contributed by atoms with Crippen molar-refractivity contribution < 1.29 is 9.72 Å². The Bertz CT molecular complexity index is 764. The highest BCUT2D eigenvalue weighted by atomic mass is 16.6. The van der Waals surface area contributed by atoms with Crippen molar-refractivity contribution in [3.8, 4) is 0 Å². The van der Waals surface area contributed by atoms with Crippen LogP contribution in [0.2, 0.25) is 0 Å². The Morgan fingerprint density at radius 3 is 2.50 bits per heavy atom. The molecule has 136 valence electrons. The average molecular weight is 354 g/mol. The minimum Gasteiger partial charge on any atom is -0.381 e. The van der Waals surface area contributed by atoms with E-state index >= 15 is 0 Å². The number of hydrogen-bond acceptors (Lipinski definition) is 5. The summed E-state index contributed by atoms with van der Waals surface area (Å²) in [5.41, 5.74) is 1.65. The van der Waals surface area contributed by atoms with Crippen molar-refractivity contribution in [1.29, 1.82) is 0 Å². The quantitative estimate of drug-likeness (QED) is 0.615. The normalized spacial score (nSPS) is 18.3. The lowest BCUT2D eigenvalue weighted by molar-refractivity contribution is -0.384. The van der Waals surface area contributed by atoms with Crippen LogP contribution >= 0.6 is 0 Å². The summed E-state index contributed by atoms with van der Waals surface area (Å²) in [6, 6.07) is 16.0. The number of nitro groups is 1. The Morgan fingerprint density at radius 2 is 1.85 bits per heavy atom. The molecule has 7 heteroatoms. The Labute approximate surface area is 152 Å². The molecule has 1 amide bonds. The van der Waals surface area contributed by atoms with Gasteiger partial charge in [-0.15, -0.1) is 0 Å². The second-order valence-electron chi connectivity index (χ2n) is 6.46. The number of amides is 1. The fraction of sp³-hybridized carbons (Fsp3) is 0.316. The van der Waals surface area contributed by atoms with E-state index in [9.17, 15) is 14.9 Å². The van der Waals surface area contributed by atoms with Crippen LogP contribution in [-0.2, 0) is 4.79 Å². The summed E-state index contributed by atoms with van der Waals surface area (Å²) < 4.78 is 0. The molecule has 0 aliphatic carbocycles. The fourth-order valence-electron chi connectivity index (χ4n) is 3.11. The van der Waals surface area contributed by atoms with Gasteiger partial charge in [-0.1, -0.05) is 18.2 Å². The first-order valence-corrected chi connectivity index (χ1v) is 8.64. The summed E-state index contributed by atoms with van der Waals surface area (Å²) in [6.07, 6.45) is 0.976. The van der Waals surface area contributed by atoms with E-state index in [4.69, 9.17) is 0 Å². The number of anilines is 2. The number of nitro benzene ring substituents is 1. The Balaban J connectivity index is 1.53. The number of non-ortho nitro benzene ring substituents is 1. The molecule has 1 saturated heterocycles. The van der Waals surface area contributed by atoms with Gasteiger partial charge in [0.1, 0.15) is 0 Å². The molecule has 1 heterocycles. The molecule has 0 aromatic heterocycles. The van der Waals surface area contributed by atoms with Gasteiger partial charge in [-0.25, -0.2) is 0 Å². The van der Waals surface area contributed by atoms with E-state index < -0.39 is 4.92 Å². The summed E-state index contributed by atoms with van der Waals surface area (Å²) in [5, 5.41) is 17.0. The van der Waals surface area contributed by atoms with Crippen LogP contribution in [0.3, 0.4) is 0 Å². The molecule has 0 bridgehead atoms. The number of nitrogens with one attached hydrogen (secondary N) is 2. The Morgan fingerprint density at radius 1 is 1.15 bits per heavy atom. The number of benzene rings is 2. The standard InChI is InChI=1S/C19H22N4O3/c1-14(19(24)21-16-7-9-18(10-8-16)23(25)26)22-12-11-17(13-22)20-15-5-3-2-4-6-15/h2-10,14,17,20H,11-13H2,1H3,(H,21,24). The van der Waals surface area contributed by atoms with Gasteiger partial charge in [0, 0.05) is 42.6 Å². The molecule has 0 spiro atoms. The predicted molar refractivity (Wildman–Crippen MR) is 101 cm³/mol. The summed E-state index contributed by atoms with van der Waals surface area (Å²) >= 11 is 0. The van der Waals surface area contributed by atoms with Crippen LogP contribution in [0.5, 0.6) is 0 Å². The van der Waals surface area contributed by atoms with Crippen molar-refractivity contribution >= 4 is 23.0 Å². The maximum absolute atomic E-state index is 12.5. The van der Waals surface area contributed by atoms with Gasteiger partial charge in [0.05, 0.1) is 11.0 Å². The minimum atomic E-state index is -0.460. The van der Waals surface area contributed by atoms with E-state index in [1.807, 2.05) is 37.3 Å². The molecule has 3 rings (SSSR count). The number of para-hydroxylation sites is 1. The van der Waals surface area contributed by atoms with Crippen LogP contribution < -0.4 is 10.6 Å². The third-order valence-corrected chi connectivity index (χ3v) is 4.64. The SMILES string of the molecule is CC(C(=O)Nc1ccc([N+](=O)[O-])cc1)N1CCC(Nc2ccccc2)C1. The van der Waals surface area contributed by atoms with Gasteiger partial charge >= 0.3 is 0 Å². The van der Waals surface area contributed by atoms with Crippen molar-refractivity contribution in [3.63, 3.8) is 0 Å². The number of rotatable bonds is 6. The van der Waals surface area contributed by atoms with Crippen molar-refractivity contribution in [1.82, 2.24) is 4.90 Å². The monoisotopic (exact) mass is 354 g/mol. The molecular formula is C19H22N4O3. The molecular weight excluding hydrogens is 332 g/mol. The second-order valence-corrected chi connectivity index (χ2v) is 6.46. The van der Waals surface area contributed by atoms with Gasteiger partial charge in [-0.2, -0.15) is 0 Å². The first-order valence-electron chi connectivity index (χ1n) is 8.64. The van der Waals surface area contributed by atoms with Gasteiger partial charge in [0.2, 0.25) is 5.91 Å². The lowest BCUT2D eigenvalue weighted by Gasteiger charge is -2.23. The predicted octanol–water partition coefficient (Wildman–Crippen LogP) is 3.11. The van der Waals surface area contributed by atoms with E-state index in [1.54, 1.807) is 12.1 Å². The van der Waals surface area contributed by atoms with E-state index in [0.717, 1.165) is 25.2 Å². The third kappa shape index (κ3) is 4.37. The largest absolute Gasteiger partial charge is 0.381 e. The molecule has 1 aliphatic heterocycles. The molecule has 0 saturated carbocycles. The molecule has 0 radical (unpaired) electrons. The van der Waals surface area contributed by atoms with E-state index in [1.165, 1.54) is 12.1 Å². The maximum atomic E-state index is 12.5. The Kier molecular flexibility index (Phi) is 5.48. The van der Waals surface area contributed by atoms with Crippen LogP contribution in [0.4, 0.5) is 17.1 Å². The van der Waals surface area contributed by atoms with Gasteiger partial charge in [0.25, 0.3) is 5.69 Å². The molecule has 1 fully saturated rings. The first kappa shape index (κ1) is 17.9. The molecule has 26 heavy (non-hydrogen) atoms. The molecule has 2 atom stereocenters. The summed E-state index contributed by atoms with van der Waals surface area (Å²) in [6.45, 7) is 3.52. The van der Waals surface area contributed by atoms with Crippen LogP contribution in [-0.4, -0.2) is 40.9 Å². The summed E-state index contributed by atoms with van der Waals surface area (Å²) in [5.74, 6) is -0.112. The Hall–Kier alpha value is -2.93.